The van der Waals surface area contributed by atoms with E-state index >= 15 is 0 Å². The van der Waals surface area contributed by atoms with Crippen LogP contribution in [0.1, 0.15) is 70.3 Å². The molecule has 0 radical (unpaired) electrons. The van der Waals surface area contributed by atoms with Crippen molar-refractivity contribution >= 4 is 5.69 Å². The van der Waals surface area contributed by atoms with Gasteiger partial charge in [-0.15, -0.1) is 5.92 Å². The molecule has 0 spiro atoms. The lowest BCUT2D eigenvalue weighted by molar-refractivity contribution is -0.0514. The van der Waals surface area contributed by atoms with Crippen LogP contribution in [0.15, 0.2) is 47.1 Å². The SMILES string of the molecule is CC#C[C@@]1(O)CC[C@@H]2[C@@H]3CCC4=C[C@@H](O)CCC4=C3[C@H](c3ccc(N(C)C)cc3)C[C@@]21C. The predicted molar refractivity (Wildman–Crippen MR) is 130 cm³/mol. The molecule has 0 unspecified atom stereocenters. The van der Waals surface area contributed by atoms with E-state index in [0.29, 0.717) is 17.8 Å². The van der Waals surface area contributed by atoms with Crippen molar-refractivity contribution in [2.45, 2.75) is 76.4 Å². The van der Waals surface area contributed by atoms with E-state index in [-0.39, 0.29) is 11.5 Å². The van der Waals surface area contributed by atoms with Gasteiger partial charge in [-0.25, -0.2) is 0 Å². The van der Waals surface area contributed by atoms with E-state index in [4.69, 9.17) is 0 Å². The van der Waals surface area contributed by atoms with Crippen LogP contribution in [0.2, 0.25) is 0 Å². The highest BCUT2D eigenvalue weighted by Crippen LogP contribution is 2.66. The van der Waals surface area contributed by atoms with Gasteiger partial charge in [0.05, 0.1) is 6.10 Å². The van der Waals surface area contributed by atoms with Crippen LogP contribution in [-0.4, -0.2) is 36.0 Å². The third-order valence-electron chi connectivity index (χ3n) is 9.16. The molecule has 0 saturated heterocycles. The van der Waals surface area contributed by atoms with Crippen LogP contribution in [0.3, 0.4) is 0 Å². The largest absolute Gasteiger partial charge is 0.389 e. The number of fused-ring (bicyclic) bond motifs is 4. The Labute approximate surface area is 193 Å². The second-order valence-electron chi connectivity index (χ2n) is 10.9. The second-order valence-corrected chi connectivity index (χ2v) is 10.9. The minimum absolute atomic E-state index is 0.203. The molecular formula is C29H37NO2. The summed E-state index contributed by atoms with van der Waals surface area (Å²) in [5, 5.41) is 22.0. The first-order valence-electron chi connectivity index (χ1n) is 12.3. The van der Waals surface area contributed by atoms with E-state index in [0.717, 1.165) is 44.9 Å². The molecule has 4 aliphatic rings. The third-order valence-corrected chi connectivity index (χ3v) is 9.16. The van der Waals surface area contributed by atoms with Gasteiger partial charge in [-0.05, 0) is 92.5 Å². The Kier molecular flexibility index (Phi) is 5.31. The molecule has 0 aliphatic heterocycles. The number of aliphatic hydroxyl groups is 2. The predicted octanol–water partition coefficient (Wildman–Crippen LogP) is 5.20. The van der Waals surface area contributed by atoms with Crippen LogP contribution >= 0.6 is 0 Å². The lowest BCUT2D eigenvalue weighted by atomic mass is 9.51. The maximum atomic E-state index is 11.7. The van der Waals surface area contributed by atoms with E-state index in [9.17, 15) is 10.2 Å². The van der Waals surface area contributed by atoms with Gasteiger partial charge < -0.3 is 15.1 Å². The highest BCUT2D eigenvalue weighted by molar-refractivity contribution is 5.52. The van der Waals surface area contributed by atoms with Crippen molar-refractivity contribution in [2.75, 3.05) is 19.0 Å². The van der Waals surface area contributed by atoms with E-state index in [1.54, 1.807) is 5.57 Å². The minimum Gasteiger partial charge on any atom is -0.389 e. The maximum Gasteiger partial charge on any atom is 0.131 e. The molecule has 32 heavy (non-hydrogen) atoms. The number of hydrogen-bond acceptors (Lipinski definition) is 3. The number of nitrogens with zero attached hydrogens (tertiary/aromatic N) is 1. The topological polar surface area (TPSA) is 43.7 Å². The second kappa shape index (κ2) is 7.79. The Morgan fingerprint density at radius 3 is 2.50 bits per heavy atom. The van der Waals surface area contributed by atoms with Crippen LogP contribution in [-0.2, 0) is 0 Å². The normalized spacial score (nSPS) is 38.1. The molecule has 170 valence electrons. The molecule has 2 N–H and O–H groups in total. The molecule has 6 atom stereocenters. The highest BCUT2D eigenvalue weighted by Gasteiger charge is 2.62. The van der Waals surface area contributed by atoms with Crippen LogP contribution in [0, 0.1) is 29.1 Å². The van der Waals surface area contributed by atoms with Gasteiger partial charge in [0.15, 0.2) is 0 Å². The first-order chi connectivity index (χ1) is 15.3. The lowest BCUT2D eigenvalue weighted by Gasteiger charge is -2.54. The van der Waals surface area contributed by atoms with Crippen molar-refractivity contribution in [3.63, 3.8) is 0 Å². The molecule has 0 aromatic heterocycles. The summed E-state index contributed by atoms with van der Waals surface area (Å²) in [6.45, 7) is 4.17. The Morgan fingerprint density at radius 1 is 1.06 bits per heavy atom. The van der Waals surface area contributed by atoms with Gasteiger partial charge in [0.25, 0.3) is 0 Å². The smallest absolute Gasteiger partial charge is 0.131 e. The van der Waals surface area contributed by atoms with Gasteiger partial charge >= 0.3 is 0 Å². The Bertz CT molecular complexity index is 1020. The summed E-state index contributed by atoms with van der Waals surface area (Å²) in [6.07, 6.45) is 8.58. The maximum absolute atomic E-state index is 11.7. The molecule has 2 fully saturated rings. The number of aliphatic hydroxyl groups excluding tert-OH is 1. The average Bonchev–Trinajstić information content (AvgIpc) is 3.03. The molecule has 1 aromatic rings. The fraction of sp³-hybridized carbons (Fsp3) is 0.586. The summed E-state index contributed by atoms with van der Waals surface area (Å²) in [4.78, 5) is 2.14. The molecule has 5 rings (SSSR count). The van der Waals surface area contributed by atoms with Gasteiger partial charge in [0.1, 0.15) is 5.60 Å². The van der Waals surface area contributed by atoms with Crippen LogP contribution in [0.5, 0.6) is 0 Å². The first-order valence-corrected chi connectivity index (χ1v) is 12.3. The van der Waals surface area contributed by atoms with Crippen molar-refractivity contribution in [3.8, 4) is 11.8 Å². The Morgan fingerprint density at radius 2 is 1.81 bits per heavy atom. The standard InChI is InChI=1S/C29H37NO2/c1-5-15-29(32)16-14-26-24-12-8-20-17-22(31)11-13-23(20)27(24)25(18-28(26,29)2)19-6-9-21(10-7-19)30(3)4/h6-7,9-10,17,22,24-26,31-32H,8,11-14,16,18H2,1-4H3/t22-,24-,25-,26+,28-,29+/m0/s1. The molecule has 3 nitrogen and oxygen atoms in total. The van der Waals surface area contributed by atoms with E-state index in [2.05, 4.69) is 68.1 Å². The average molecular weight is 432 g/mol. The summed E-state index contributed by atoms with van der Waals surface area (Å²) in [5.74, 6) is 7.58. The minimum atomic E-state index is -0.899. The van der Waals surface area contributed by atoms with Crippen LogP contribution in [0.4, 0.5) is 5.69 Å². The zero-order chi connectivity index (χ0) is 22.7. The number of allylic oxidation sites excluding steroid dienone is 3. The molecule has 2 saturated carbocycles. The number of anilines is 1. The van der Waals surface area contributed by atoms with Crippen LogP contribution < -0.4 is 4.90 Å². The zero-order valence-corrected chi connectivity index (χ0v) is 20.0. The van der Waals surface area contributed by atoms with Crippen molar-refractivity contribution in [1.29, 1.82) is 0 Å². The number of rotatable bonds is 2. The van der Waals surface area contributed by atoms with Crippen molar-refractivity contribution in [2.24, 2.45) is 17.3 Å². The summed E-state index contributed by atoms with van der Waals surface area (Å²) in [6, 6.07) is 9.04. The molecule has 0 bridgehead atoms. The van der Waals surface area contributed by atoms with Gasteiger partial charge in [0.2, 0.25) is 0 Å². The fourth-order valence-corrected chi connectivity index (χ4v) is 7.50. The van der Waals surface area contributed by atoms with E-state index in [1.165, 1.54) is 22.4 Å². The van der Waals surface area contributed by atoms with Gasteiger partial charge in [-0.3, -0.25) is 0 Å². The molecular weight excluding hydrogens is 394 g/mol. The highest BCUT2D eigenvalue weighted by atomic mass is 16.3. The van der Waals surface area contributed by atoms with Crippen molar-refractivity contribution in [3.05, 3.63) is 52.6 Å². The zero-order valence-electron chi connectivity index (χ0n) is 20.0. The summed E-state index contributed by atoms with van der Waals surface area (Å²) >= 11 is 0. The van der Waals surface area contributed by atoms with Gasteiger partial charge in [-0.2, -0.15) is 0 Å². The fourth-order valence-electron chi connectivity index (χ4n) is 7.50. The van der Waals surface area contributed by atoms with Gasteiger partial charge in [0, 0.05) is 31.1 Å². The number of hydrogen-bond donors (Lipinski definition) is 2. The van der Waals surface area contributed by atoms with E-state index in [1.807, 2.05) is 6.92 Å². The van der Waals surface area contributed by atoms with Gasteiger partial charge in [-0.1, -0.05) is 36.6 Å². The Balaban J connectivity index is 1.66. The molecule has 1 aromatic carbocycles. The lowest BCUT2D eigenvalue weighted by Crippen LogP contribution is -2.51. The quantitative estimate of drug-likeness (QED) is 0.633. The summed E-state index contributed by atoms with van der Waals surface area (Å²) in [5.41, 5.74) is 5.98. The molecule has 4 aliphatic carbocycles. The molecule has 3 heteroatoms. The summed E-state index contributed by atoms with van der Waals surface area (Å²) in [7, 11) is 4.16. The molecule has 0 amide bonds. The molecule has 0 heterocycles. The Hall–Kier alpha value is -2.02. The summed E-state index contributed by atoms with van der Waals surface area (Å²) < 4.78 is 0. The third kappa shape index (κ3) is 3.18. The van der Waals surface area contributed by atoms with E-state index < -0.39 is 5.60 Å². The monoisotopic (exact) mass is 431 g/mol. The van der Waals surface area contributed by atoms with Crippen molar-refractivity contribution < 1.29 is 10.2 Å². The first kappa shape index (κ1) is 21.8. The van der Waals surface area contributed by atoms with Crippen molar-refractivity contribution in [1.82, 2.24) is 0 Å². The van der Waals surface area contributed by atoms with Crippen LogP contribution in [0.25, 0.3) is 0 Å². The number of benzene rings is 1.